The molecule has 0 saturated carbocycles. The first kappa shape index (κ1) is 16.2. The number of hydrogen-bond donors (Lipinski definition) is 0. The van der Waals surface area contributed by atoms with Gasteiger partial charge in [-0.05, 0) is 19.9 Å². The highest BCUT2D eigenvalue weighted by Crippen LogP contribution is 2.15. The van der Waals surface area contributed by atoms with Crippen LogP contribution in [0.25, 0.3) is 0 Å². The number of pyridine rings is 1. The van der Waals surface area contributed by atoms with Gasteiger partial charge in [0.15, 0.2) is 22.7 Å². The van der Waals surface area contributed by atoms with E-state index in [0.717, 1.165) is 12.3 Å². The van der Waals surface area contributed by atoms with E-state index in [2.05, 4.69) is 9.98 Å². The first-order chi connectivity index (χ1) is 9.51. The molecule has 1 rings (SSSR count). The van der Waals surface area contributed by atoms with Crippen LogP contribution in [0.4, 0.5) is 4.39 Å². The monoisotopic (exact) mass is 300 g/mol. The highest BCUT2D eigenvalue weighted by Gasteiger charge is 2.28. The second-order valence-electron chi connectivity index (χ2n) is 3.74. The third-order valence-electron chi connectivity index (χ3n) is 2.34. The summed E-state index contributed by atoms with van der Waals surface area (Å²) < 4.78 is 18.1. The van der Waals surface area contributed by atoms with E-state index < -0.39 is 23.5 Å². The van der Waals surface area contributed by atoms with Crippen molar-refractivity contribution in [2.45, 2.75) is 13.8 Å². The molecule has 1 atom stereocenters. The Morgan fingerprint density at radius 3 is 2.80 bits per heavy atom. The average Bonchev–Trinajstić information content (AvgIpc) is 2.42. The molecule has 1 unspecified atom stereocenters. The Labute approximate surface area is 120 Å². The largest absolute Gasteiger partial charge is 0.465 e. The number of esters is 1. The smallest absolute Gasteiger partial charge is 0.322 e. The van der Waals surface area contributed by atoms with Gasteiger partial charge < -0.3 is 4.74 Å². The van der Waals surface area contributed by atoms with Crippen molar-refractivity contribution in [3.05, 3.63) is 28.8 Å². The number of nitrogens with zero attached hydrogens (tertiary/aromatic N) is 2. The summed E-state index contributed by atoms with van der Waals surface area (Å²) in [4.78, 5) is 31.3. The molecule has 0 N–H and O–H groups in total. The molecule has 0 bridgehead atoms. The third kappa shape index (κ3) is 4.09. The number of aliphatic imine (C=N–C) groups is 1. The van der Waals surface area contributed by atoms with Crippen molar-refractivity contribution in [3.8, 4) is 0 Å². The van der Waals surface area contributed by atoms with E-state index in [1.165, 1.54) is 6.21 Å². The molecule has 20 heavy (non-hydrogen) atoms. The minimum Gasteiger partial charge on any atom is -0.465 e. The van der Waals surface area contributed by atoms with E-state index in [-0.39, 0.29) is 17.3 Å². The van der Waals surface area contributed by atoms with E-state index in [9.17, 15) is 14.0 Å². The fraction of sp³-hybridized carbons (Fsp3) is 0.385. The van der Waals surface area contributed by atoms with Gasteiger partial charge in [-0.2, -0.15) is 0 Å². The predicted molar refractivity (Wildman–Crippen MR) is 72.7 cm³/mol. The number of hydrogen-bond acceptors (Lipinski definition) is 5. The highest BCUT2D eigenvalue weighted by molar-refractivity contribution is 6.29. The molecule has 1 aromatic heterocycles. The van der Waals surface area contributed by atoms with Crippen LogP contribution in [0.3, 0.4) is 0 Å². The standard InChI is InChI=1S/C13H14ClFN2O3/c1-3-16-7-9(13(19)20-4-2)11(18)8-5-10(15)12(14)17-6-8/h5-7,9H,3-4H2,1-2H3. The second-order valence-corrected chi connectivity index (χ2v) is 4.10. The lowest BCUT2D eigenvalue weighted by Gasteiger charge is -2.10. The van der Waals surface area contributed by atoms with Gasteiger partial charge in [-0.1, -0.05) is 11.6 Å². The number of carbonyl (C=O) groups excluding carboxylic acids is 2. The summed E-state index contributed by atoms with van der Waals surface area (Å²) in [5.74, 6) is -3.40. The van der Waals surface area contributed by atoms with E-state index in [1.54, 1.807) is 13.8 Å². The first-order valence-corrected chi connectivity index (χ1v) is 6.40. The molecule has 0 radical (unpaired) electrons. The van der Waals surface area contributed by atoms with Crippen LogP contribution in [-0.4, -0.2) is 36.1 Å². The Bertz CT molecular complexity index is 534. The molecule has 0 aliphatic rings. The Balaban J connectivity index is 3.05. The Morgan fingerprint density at radius 2 is 2.25 bits per heavy atom. The molecule has 0 amide bonds. The SMILES string of the molecule is CCN=CC(C(=O)OCC)C(=O)c1cnc(Cl)c(F)c1. The Morgan fingerprint density at radius 1 is 1.55 bits per heavy atom. The normalized spacial score (nSPS) is 12.4. The molecular weight excluding hydrogens is 287 g/mol. The van der Waals surface area contributed by atoms with Crippen LogP contribution < -0.4 is 0 Å². The molecule has 5 nitrogen and oxygen atoms in total. The first-order valence-electron chi connectivity index (χ1n) is 6.03. The van der Waals surface area contributed by atoms with Crippen LogP contribution in [0, 0.1) is 11.7 Å². The quantitative estimate of drug-likeness (QED) is 0.266. The van der Waals surface area contributed by atoms with Crippen molar-refractivity contribution in [2.75, 3.05) is 13.2 Å². The molecule has 1 aromatic rings. The molecule has 7 heteroatoms. The van der Waals surface area contributed by atoms with E-state index in [0.29, 0.717) is 6.54 Å². The van der Waals surface area contributed by atoms with Gasteiger partial charge in [-0.25, -0.2) is 9.37 Å². The van der Waals surface area contributed by atoms with Gasteiger partial charge in [0.05, 0.1) is 6.61 Å². The molecule has 0 aromatic carbocycles. The predicted octanol–water partition coefficient (Wildman–Crippen LogP) is 2.33. The molecule has 0 fully saturated rings. The Hall–Kier alpha value is -1.82. The average molecular weight is 301 g/mol. The highest BCUT2D eigenvalue weighted by atomic mass is 35.5. The van der Waals surface area contributed by atoms with E-state index in [4.69, 9.17) is 16.3 Å². The van der Waals surface area contributed by atoms with Gasteiger partial charge >= 0.3 is 5.97 Å². The van der Waals surface area contributed by atoms with Crippen molar-refractivity contribution in [1.29, 1.82) is 0 Å². The summed E-state index contributed by atoms with van der Waals surface area (Å²) in [6, 6.07) is 0.934. The Kier molecular flexibility index (Phi) is 6.24. The molecule has 0 spiro atoms. The van der Waals surface area contributed by atoms with Crippen LogP contribution in [0.5, 0.6) is 0 Å². The summed E-state index contributed by atoms with van der Waals surface area (Å²) in [6.07, 6.45) is 2.31. The van der Waals surface area contributed by atoms with Crippen molar-refractivity contribution in [1.82, 2.24) is 4.98 Å². The molecule has 0 aliphatic heterocycles. The fourth-order valence-electron chi connectivity index (χ4n) is 1.41. The summed E-state index contributed by atoms with van der Waals surface area (Å²) in [5, 5.41) is -0.337. The number of ether oxygens (including phenoxy) is 1. The third-order valence-corrected chi connectivity index (χ3v) is 2.62. The van der Waals surface area contributed by atoms with Crippen molar-refractivity contribution < 1.29 is 18.7 Å². The second kappa shape index (κ2) is 7.69. The summed E-state index contributed by atoms with van der Waals surface area (Å²) in [7, 11) is 0. The van der Waals surface area contributed by atoms with Crippen molar-refractivity contribution in [2.24, 2.45) is 10.9 Å². The molecular formula is C13H14ClFN2O3. The van der Waals surface area contributed by atoms with Gasteiger partial charge in [0.1, 0.15) is 0 Å². The van der Waals surface area contributed by atoms with Crippen LogP contribution in [-0.2, 0) is 9.53 Å². The van der Waals surface area contributed by atoms with Gasteiger partial charge in [0, 0.05) is 24.5 Å². The summed E-state index contributed by atoms with van der Waals surface area (Å²) >= 11 is 5.45. The van der Waals surface area contributed by atoms with Crippen LogP contribution >= 0.6 is 11.6 Å². The lowest BCUT2D eigenvalue weighted by atomic mass is 10.00. The number of Topliss-reactive ketones (excluding diaryl/α,β-unsaturated/α-hetero) is 1. The van der Waals surface area contributed by atoms with E-state index >= 15 is 0 Å². The lowest BCUT2D eigenvalue weighted by Crippen LogP contribution is -2.28. The maximum Gasteiger partial charge on any atom is 0.322 e. The molecule has 0 aliphatic carbocycles. The van der Waals surface area contributed by atoms with Gasteiger partial charge in [-0.3, -0.25) is 14.6 Å². The van der Waals surface area contributed by atoms with Crippen LogP contribution in [0.2, 0.25) is 5.15 Å². The topological polar surface area (TPSA) is 68.6 Å². The number of aromatic nitrogens is 1. The van der Waals surface area contributed by atoms with Gasteiger partial charge in [0.25, 0.3) is 0 Å². The van der Waals surface area contributed by atoms with Gasteiger partial charge in [-0.15, -0.1) is 0 Å². The zero-order valence-corrected chi connectivity index (χ0v) is 11.9. The van der Waals surface area contributed by atoms with E-state index in [1.807, 2.05) is 0 Å². The number of rotatable bonds is 6. The fourth-order valence-corrected chi connectivity index (χ4v) is 1.52. The number of ketones is 1. The van der Waals surface area contributed by atoms with Crippen molar-refractivity contribution >= 4 is 29.6 Å². The van der Waals surface area contributed by atoms with Crippen LogP contribution in [0.1, 0.15) is 24.2 Å². The number of halogens is 2. The summed E-state index contributed by atoms with van der Waals surface area (Å²) in [6.45, 7) is 3.93. The molecule has 0 saturated heterocycles. The number of carbonyl (C=O) groups is 2. The van der Waals surface area contributed by atoms with Crippen LogP contribution in [0.15, 0.2) is 17.3 Å². The maximum absolute atomic E-state index is 13.3. The zero-order chi connectivity index (χ0) is 15.1. The van der Waals surface area contributed by atoms with Gasteiger partial charge in [0.2, 0.25) is 0 Å². The minimum absolute atomic E-state index is 0.0625. The molecule has 108 valence electrons. The molecule has 1 heterocycles. The zero-order valence-electron chi connectivity index (χ0n) is 11.1. The van der Waals surface area contributed by atoms with Crippen molar-refractivity contribution in [3.63, 3.8) is 0 Å². The maximum atomic E-state index is 13.3. The summed E-state index contributed by atoms with van der Waals surface area (Å²) in [5.41, 5.74) is -0.0625. The lowest BCUT2D eigenvalue weighted by molar-refractivity contribution is -0.143. The minimum atomic E-state index is -1.21.